The van der Waals surface area contributed by atoms with Gasteiger partial charge in [0.2, 0.25) is 0 Å². The molecule has 0 fully saturated rings. The second-order valence-corrected chi connectivity index (χ2v) is 6.12. The van der Waals surface area contributed by atoms with Crippen LogP contribution in [0.3, 0.4) is 0 Å². The number of nitrogens with one attached hydrogen (secondary N) is 1. The second kappa shape index (κ2) is 6.68. The van der Waals surface area contributed by atoms with E-state index in [1.807, 2.05) is 48.4 Å². The number of fused-ring (bicyclic) bond motifs is 2. The van der Waals surface area contributed by atoms with Gasteiger partial charge in [0.05, 0.1) is 5.69 Å². The summed E-state index contributed by atoms with van der Waals surface area (Å²) < 4.78 is 3.08. The van der Waals surface area contributed by atoms with E-state index in [1.165, 1.54) is 15.4 Å². The van der Waals surface area contributed by atoms with Crippen LogP contribution in [-0.2, 0) is 0 Å². The minimum Gasteiger partial charge on any atom is -0.332 e. The maximum atomic E-state index is 4.25. The molecule has 2 aliphatic rings. The second-order valence-electron chi connectivity index (χ2n) is 4.18. The Bertz CT molecular complexity index is 593. The van der Waals surface area contributed by atoms with Crippen molar-refractivity contribution in [3.8, 4) is 0 Å². The van der Waals surface area contributed by atoms with Crippen LogP contribution >= 0.6 is 23.7 Å². The average molecular weight is 298 g/mol. The molecule has 4 heteroatoms. The van der Waals surface area contributed by atoms with E-state index in [9.17, 15) is 0 Å². The Labute approximate surface area is 127 Å². The highest BCUT2D eigenvalue weighted by Crippen LogP contribution is 2.31. The van der Waals surface area contributed by atoms with Crippen molar-refractivity contribution in [2.45, 2.75) is 9.79 Å². The molecule has 0 unspecified atom stereocenters. The minimum atomic E-state index is 1.01. The third-order valence-electron chi connectivity index (χ3n) is 2.83. The molecule has 1 N–H and O–H groups in total. The van der Waals surface area contributed by atoms with Crippen molar-refractivity contribution in [2.24, 2.45) is 4.99 Å². The van der Waals surface area contributed by atoms with E-state index in [0.717, 1.165) is 11.4 Å². The topological polar surface area (TPSA) is 24.4 Å². The van der Waals surface area contributed by atoms with Gasteiger partial charge in [-0.1, -0.05) is 30.3 Å². The van der Waals surface area contributed by atoms with Gasteiger partial charge in [-0.15, -0.1) is 11.8 Å². The number of para-hydroxylation sites is 1. The Morgan fingerprint density at radius 1 is 0.950 bits per heavy atom. The monoisotopic (exact) mass is 298 g/mol. The van der Waals surface area contributed by atoms with Crippen LogP contribution in [0.1, 0.15) is 5.56 Å². The third-order valence-corrected chi connectivity index (χ3v) is 4.65. The molecule has 4 rings (SSSR count). The number of thioether (sulfide) groups is 1. The smallest absolute Gasteiger partial charge is 0.0761 e. The first-order valence-corrected chi connectivity index (χ1v) is 8.16. The van der Waals surface area contributed by atoms with Gasteiger partial charge in [0.1, 0.15) is 0 Å². The maximum Gasteiger partial charge on any atom is 0.0761 e. The standard InChI is InChI=1S/2C8H7NS/c1-2-4-8-7(3-1)9-5-6-10-8;1-2-4-8-7(3-1)5-6-9-10-8/h1-5H,6H2;1-6,9H. The Kier molecular flexibility index (Phi) is 4.46. The molecule has 0 atom stereocenters. The molecule has 0 saturated heterocycles. The number of aliphatic imine (C=N–C) groups is 1. The maximum absolute atomic E-state index is 4.25. The highest BCUT2D eigenvalue weighted by molar-refractivity contribution is 8.00. The number of benzene rings is 2. The summed E-state index contributed by atoms with van der Waals surface area (Å²) >= 11 is 3.49. The molecule has 2 aromatic carbocycles. The van der Waals surface area contributed by atoms with Gasteiger partial charge in [0, 0.05) is 28.0 Å². The summed E-state index contributed by atoms with van der Waals surface area (Å²) in [7, 11) is 0. The van der Waals surface area contributed by atoms with Crippen LogP contribution in [0.4, 0.5) is 5.69 Å². The fraction of sp³-hybridized carbons (Fsp3) is 0.0625. The first-order valence-electron chi connectivity index (χ1n) is 6.36. The van der Waals surface area contributed by atoms with Crippen LogP contribution in [0.25, 0.3) is 6.08 Å². The van der Waals surface area contributed by atoms with Crippen LogP contribution in [0, 0.1) is 0 Å². The van der Waals surface area contributed by atoms with Crippen LogP contribution in [0.15, 0.2) is 69.5 Å². The average Bonchev–Trinajstić information content (AvgIpc) is 2.56. The van der Waals surface area contributed by atoms with E-state index < -0.39 is 0 Å². The van der Waals surface area contributed by atoms with Gasteiger partial charge >= 0.3 is 0 Å². The molecule has 20 heavy (non-hydrogen) atoms. The van der Waals surface area contributed by atoms with Crippen molar-refractivity contribution < 1.29 is 0 Å². The largest absolute Gasteiger partial charge is 0.332 e. The summed E-state index contributed by atoms with van der Waals surface area (Å²) in [6, 6.07) is 16.5. The van der Waals surface area contributed by atoms with Crippen LogP contribution < -0.4 is 4.72 Å². The van der Waals surface area contributed by atoms with Crippen molar-refractivity contribution in [3.63, 3.8) is 0 Å². The predicted octanol–water partition coefficient (Wildman–Crippen LogP) is 4.76. The van der Waals surface area contributed by atoms with Crippen molar-refractivity contribution in [2.75, 3.05) is 5.75 Å². The van der Waals surface area contributed by atoms with Crippen LogP contribution in [0.2, 0.25) is 0 Å². The van der Waals surface area contributed by atoms with E-state index >= 15 is 0 Å². The molecule has 100 valence electrons. The Balaban J connectivity index is 0.000000121. The lowest BCUT2D eigenvalue weighted by Gasteiger charge is -2.08. The lowest BCUT2D eigenvalue weighted by Crippen LogP contribution is -1.96. The first kappa shape index (κ1) is 13.3. The molecular weight excluding hydrogens is 284 g/mol. The van der Waals surface area contributed by atoms with Gasteiger partial charge in [0.15, 0.2) is 0 Å². The molecular formula is C16H14N2S2. The van der Waals surface area contributed by atoms with Gasteiger partial charge in [-0.25, -0.2) is 0 Å². The molecule has 0 saturated carbocycles. The van der Waals surface area contributed by atoms with E-state index in [0.29, 0.717) is 0 Å². The zero-order valence-electron chi connectivity index (χ0n) is 10.8. The van der Waals surface area contributed by atoms with E-state index in [1.54, 1.807) is 11.9 Å². The summed E-state index contributed by atoms with van der Waals surface area (Å²) in [5.41, 5.74) is 2.41. The Morgan fingerprint density at radius 3 is 2.60 bits per heavy atom. The van der Waals surface area contributed by atoms with Crippen molar-refractivity contribution >= 4 is 41.7 Å². The lowest BCUT2D eigenvalue weighted by molar-refractivity contribution is 1.32. The molecule has 0 aromatic heterocycles. The molecule has 0 radical (unpaired) electrons. The normalized spacial score (nSPS) is 14.4. The van der Waals surface area contributed by atoms with Gasteiger partial charge in [-0.2, -0.15) is 0 Å². The molecule has 0 spiro atoms. The molecule has 2 heterocycles. The molecule has 2 nitrogen and oxygen atoms in total. The fourth-order valence-corrected chi connectivity index (χ4v) is 3.32. The molecule has 0 amide bonds. The van der Waals surface area contributed by atoms with E-state index in [2.05, 4.69) is 40.1 Å². The quantitative estimate of drug-likeness (QED) is 0.709. The number of hydrogen-bond donors (Lipinski definition) is 1. The molecule has 2 aromatic rings. The number of rotatable bonds is 0. The Morgan fingerprint density at radius 2 is 1.75 bits per heavy atom. The van der Waals surface area contributed by atoms with Crippen molar-refractivity contribution in [1.82, 2.24) is 4.72 Å². The van der Waals surface area contributed by atoms with E-state index in [4.69, 9.17) is 0 Å². The van der Waals surface area contributed by atoms with Gasteiger partial charge < -0.3 is 4.72 Å². The predicted molar refractivity (Wildman–Crippen MR) is 89.8 cm³/mol. The van der Waals surface area contributed by atoms with Crippen molar-refractivity contribution in [3.05, 3.63) is 60.3 Å². The first-order chi connectivity index (χ1) is 9.93. The van der Waals surface area contributed by atoms with Crippen molar-refractivity contribution in [1.29, 1.82) is 0 Å². The highest BCUT2D eigenvalue weighted by Gasteiger charge is 2.02. The van der Waals surface area contributed by atoms with Gasteiger partial charge in [-0.05, 0) is 41.8 Å². The number of hydrogen-bond acceptors (Lipinski definition) is 4. The minimum absolute atomic E-state index is 1.01. The zero-order chi connectivity index (χ0) is 13.6. The third kappa shape index (κ3) is 3.26. The summed E-state index contributed by atoms with van der Waals surface area (Å²) in [5.74, 6) is 1.01. The van der Waals surface area contributed by atoms with Gasteiger partial charge in [-0.3, -0.25) is 4.99 Å². The highest BCUT2D eigenvalue weighted by atomic mass is 32.2. The van der Waals surface area contributed by atoms with Gasteiger partial charge in [0.25, 0.3) is 0 Å². The summed E-state index contributed by atoms with van der Waals surface area (Å²) in [6.07, 6.45) is 5.98. The Hall–Kier alpha value is -1.65. The molecule has 0 aliphatic carbocycles. The SMILES string of the molecule is C1=Cc2ccccc2SN1.C1=Nc2ccccc2SC1. The number of nitrogens with zero attached hydrogens (tertiary/aromatic N) is 1. The molecule has 2 aliphatic heterocycles. The van der Waals surface area contributed by atoms with Crippen LogP contribution in [-0.4, -0.2) is 12.0 Å². The summed E-state index contributed by atoms with van der Waals surface area (Å²) in [4.78, 5) is 6.84. The van der Waals surface area contributed by atoms with Crippen LogP contribution in [0.5, 0.6) is 0 Å². The molecule has 0 bridgehead atoms. The fourth-order valence-electron chi connectivity index (χ4n) is 1.88. The lowest BCUT2D eigenvalue weighted by atomic mass is 10.2. The van der Waals surface area contributed by atoms with E-state index in [-0.39, 0.29) is 0 Å². The summed E-state index contributed by atoms with van der Waals surface area (Å²) in [5, 5.41) is 0. The zero-order valence-corrected chi connectivity index (χ0v) is 12.5. The summed E-state index contributed by atoms with van der Waals surface area (Å²) in [6.45, 7) is 0.